The van der Waals surface area contributed by atoms with E-state index < -0.39 is 11.9 Å². The van der Waals surface area contributed by atoms with Crippen LogP contribution in [0.5, 0.6) is 0 Å². The number of rotatable bonds is 2. The first-order valence-electron chi connectivity index (χ1n) is 6.81. The van der Waals surface area contributed by atoms with Crippen LogP contribution in [-0.2, 0) is 13.2 Å². The molecule has 3 rings (SSSR count). The lowest BCUT2D eigenvalue weighted by Crippen LogP contribution is -2.40. The predicted molar refractivity (Wildman–Crippen MR) is 79.5 cm³/mol. The van der Waals surface area contributed by atoms with Gasteiger partial charge in [-0.1, -0.05) is 6.08 Å². The van der Waals surface area contributed by atoms with Crippen molar-refractivity contribution in [2.45, 2.75) is 12.6 Å². The highest BCUT2D eigenvalue weighted by Gasteiger charge is 2.35. The quantitative estimate of drug-likeness (QED) is 0.913. The molecule has 5 nitrogen and oxygen atoms in total. The highest BCUT2D eigenvalue weighted by atomic mass is 32.1. The number of aryl methyl sites for hydroxylation is 1. The zero-order valence-corrected chi connectivity index (χ0v) is 12.9. The summed E-state index contributed by atoms with van der Waals surface area (Å²) in [6.07, 6.45) is -0.100. The number of hydrogen-bond acceptors (Lipinski definition) is 4. The van der Waals surface area contributed by atoms with E-state index in [0.717, 1.165) is 28.5 Å². The van der Waals surface area contributed by atoms with Gasteiger partial charge in [-0.2, -0.15) is 18.3 Å². The number of alkyl halides is 3. The first kappa shape index (κ1) is 15.8. The highest BCUT2D eigenvalue weighted by molar-refractivity contribution is 7.17. The molecule has 0 saturated carbocycles. The molecule has 0 aromatic carbocycles. The van der Waals surface area contributed by atoms with Gasteiger partial charge in [0.1, 0.15) is 11.4 Å². The number of thiophene rings is 1. The minimum atomic E-state index is -4.46. The molecule has 0 radical (unpaired) electrons. The fourth-order valence-electron chi connectivity index (χ4n) is 2.20. The summed E-state index contributed by atoms with van der Waals surface area (Å²) >= 11 is 1.11. The number of carbonyl (C=O) groups excluding carboxylic acids is 1. The topological polar surface area (TPSA) is 50.2 Å². The third-order valence-electron chi connectivity index (χ3n) is 3.31. The number of nitrogens with zero attached hydrogens (tertiary/aromatic N) is 3. The van der Waals surface area contributed by atoms with Gasteiger partial charge in [0.05, 0.1) is 9.75 Å². The van der Waals surface area contributed by atoms with Gasteiger partial charge in [0.25, 0.3) is 5.91 Å². The molecule has 0 spiro atoms. The average Bonchev–Trinajstić information content (AvgIpc) is 3.13. The molecule has 0 saturated heterocycles. The lowest BCUT2D eigenvalue weighted by molar-refractivity contribution is -0.143. The zero-order chi connectivity index (χ0) is 16.6. The number of nitrogens with one attached hydrogen (secondary N) is 1. The molecule has 3 heterocycles. The minimum absolute atomic E-state index is 0.200. The summed E-state index contributed by atoms with van der Waals surface area (Å²) in [6.45, 7) is 0.662. The molecule has 0 atom stereocenters. The second kappa shape index (κ2) is 5.82. The Balaban J connectivity index is 1.86. The van der Waals surface area contributed by atoms with Crippen molar-refractivity contribution in [1.82, 2.24) is 20.2 Å². The number of amides is 1. The first-order valence-corrected chi connectivity index (χ1v) is 7.63. The summed E-state index contributed by atoms with van der Waals surface area (Å²) in [6, 6.07) is 4.18. The van der Waals surface area contributed by atoms with E-state index in [4.69, 9.17) is 0 Å². The SMILES string of the molecule is Cn1nc(-c2ccc(C(=O)N3C=CCCN3)s2)cc1C(F)(F)F. The van der Waals surface area contributed by atoms with Crippen molar-refractivity contribution in [3.05, 3.63) is 41.0 Å². The van der Waals surface area contributed by atoms with Crippen LogP contribution in [0.25, 0.3) is 10.6 Å². The summed E-state index contributed by atoms with van der Waals surface area (Å²) in [5.74, 6) is -0.246. The van der Waals surface area contributed by atoms with E-state index in [-0.39, 0.29) is 11.6 Å². The Hall–Kier alpha value is -2.13. The Kier molecular flexibility index (Phi) is 3.99. The molecule has 122 valence electrons. The number of halogens is 3. The molecule has 1 aliphatic rings. The second-order valence-electron chi connectivity index (χ2n) is 4.96. The van der Waals surface area contributed by atoms with Crippen LogP contribution in [0.2, 0.25) is 0 Å². The molecular weight excluding hydrogens is 329 g/mol. The van der Waals surface area contributed by atoms with E-state index >= 15 is 0 Å². The van der Waals surface area contributed by atoms with Crippen LogP contribution in [0.3, 0.4) is 0 Å². The molecule has 2 aromatic heterocycles. The summed E-state index contributed by atoms with van der Waals surface area (Å²) in [7, 11) is 1.24. The second-order valence-corrected chi connectivity index (χ2v) is 6.04. The summed E-state index contributed by atoms with van der Waals surface area (Å²) in [5.41, 5.74) is 2.31. The standard InChI is InChI=1S/C14H13F3N4OS/c1-20-12(14(15,16)17)8-9(19-20)10-4-5-11(23-10)13(22)21-7-3-2-6-18-21/h3-5,7-8,18H,2,6H2,1H3. The van der Waals surface area contributed by atoms with Crippen LogP contribution < -0.4 is 5.43 Å². The summed E-state index contributed by atoms with van der Waals surface area (Å²) < 4.78 is 39.3. The molecule has 0 aliphatic carbocycles. The van der Waals surface area contributed by atoms with Crippen molar-refractivity contribution in [3.8, 4) is 10.6 Å². The van der Waals surface area contributed by atoms with Crippen molar-refractivity contribution in [1.29, 1.82) is 0 Å². The number of hydrazine groups is 1. The van der Waals surface area contributed by atoms with E-state index in [2.05, 4.69) is 10.5 Å². The first-order chi connectivity index (χ1) is 10.9. The van der Waals surface area contributed by atoms with Gasteiger partial charge >= 0.3 is 6.18 Å². The Bertz CT molecular complexity index is 762. The number of aromatic nitrogens is 2. The lowest BCUT2D eigenvalue weighted by Gasteiger charge is -2.21. The Morgan fingerprint density at radius 3 is 2.78 bits per heavy atom. The highest BCUT2D eigenvalue weighted by Crippen LogP contribution is 2.34. The van der Waals surface area contributed by atoms with Crippen molar-refractivity contribution in [3.63, 3.8) is 0 Å². The van der Waals surface area contributed by atoms with Gasteiger partial charge in [-0.3, -0.25) is 9.48 Å². The average molecular weight is 342 g/mol. The number of hydrogen-bond donors (Lipinski definition) is 1. The van der Waals surface area contributed by atoms with Gasteiger partial charge in [0.2, 0.25) is 0 Å². The third-order valence-corrected chi connectivity index (χ3v) is 4.40. The van der Waals surface area contributed by atoms with Gasteiger partial charge in [0.15, 0.2) is 0 Å². The van der Waals surface area contributed by atoms with Gasteiger partial charge in [-0.15, -0.1) is 11.3 Å². The van der Waals surface area contributed by atoms with Crippen LogP contribution in [0.4, 0.5) is 13.2 Å². The smallest absolute Gasteiger partial charge is 0.266 e. The fourth-order valence-corrected chi connectivity index (χ4v) is 3.10. The van der Waals surface area contributed by atoms with E-state index in [1.165, 1.54) is 12.1 Å². The monoisotopic (exact) mass is 342 g/mol. The molecule has 2 aromatic rings. The summed E-state index contributed by atoms with van der Waals surface area (Å²) in [5, 5.41) is 5.26. The van der Waals surface area contributed by atoms with Gasteiger partial charge < -0.3 is 0 Å². The minimum Gasteiger partial charge on any atom is -0.266 e. The summed E-state index contributed by atoms with van der Waals surface area (Å²) in [4.78, 5) is 13.2. The molecule has 9 heteroatoms. The van der Waals surface area contributed by atoms with Crippen molar-refractivity contribution in [2.24, 2.45) is 7.05 Å². The fraction of sp³-hybridized carbons (Fsp3) is 0.286. The maximum absolute atomic E-state index is 12.8. The Morgan fingerprint density at radius 1 is 1.39 bits per heavy atom. The molecular formula is C14H13F3N4OS. The van der Waals surface area contributed by atoms with E-state index in [1.807, 2.05) is 6.08 Å². The lowest BCUT2D eigenvalue weighted by atomic mass is 10.3. The van der Waals surface area contributed by atoms with Gasteiger partial charge in [-0.25, -0.2) is 10.4 Å². The van der Waals surface area contributed by atoms with Crippen molar-refractivity contribution < 1.29 is 18.0 Å². The molecule has 1 aliphatic heterocycles. The van der Waals surface area contributed by atoms with Crippen molar-refractivity contribution in [2.75, 3.05) is 6.54 Å². The van der Waals surface area contributed by atoms with Crippen LogP contribution in [0.1, 0.15) is 21.8 Å². The molecule has 0 bridgehead atoms. The third kappa shape index (κ3) is 3.15. The maximum Gasteiger partial charge on any atom is 0.433 e. The van der Waals surface area contributed by atoms with Gasteiger partial charge in [-0.05, 0) is 24.6 Å². The molecule has 0 unspecified atom stereocenters. The molecule has 0 fully saturated rings. The molecule has 1 amide bonds. The van der Waals surface area contributed by atoms with Crippen LogP contribution in [-0.4, -0.2) is 27.2 Å². The van der Waals surface area contributed by atoms with E-state index in [9.17, 15) is 18.0 Å². The van der Waals surface area contributed by atoms with Gasteiger partial charge in [0, 0.05) is 19.8 Å². The molecule has 1 N–H and O–H groups in total. The number of carbonyl (C=O) groups is 1. The van der Waals surface area contributed by atoms with Crippen LogP contribution in [0.15, 0.2) is 30.5 Å². The normalized spacial score (nSPS) is 15.2. The van der Waals surface area contributed by atoms with Crippen molar-refractivity contribution >= 4 is 17.2 Å². The van der Waals surface area contributed by atoms with E-state index in [0.29, 0.717) is 16.3 Å². The van der Waals surface area contributed by atoms with E-state index in [1.54, 1.807) is 18.3 Å². The Labute approximate surface area is 134 Å². The maximum atomic E-state index is 12.8. The Morgan fingerprint density at radius 2 is 2.17 bits per heavy atom. The van der Waals surface area contributed by atoms with Crippen LogP contribution >= 0.6 is 11.3 Å². The molecule has 23 heavy (non-hydrogen) atoms. The zero-order valence-electron chi connectivity index (χ0n) is 12.1. The van der Waals surface area contributed by atoms with Crippen LogP contribution in [0, 0.1) is 0 Å². The predicted octanol–water partition coefficient (Wildman–Crippen LogP) is 3.03. The largest absolute Gasteiger partial charge is 0.433 e.